The standard InChI is InChI=1S/C21H21N3OS/c25-21(24-11-6-15-3-1-2-4-16(15)13-24)17-7-10-23(14-17)20-18-8-12-26-19(18)5-9-22-20/h1-5,8-9,12,17H,6-7,10-11,13-14H2. The fourth-order valence-electron chi connectivity index (χ4n) is 4.23. The van der Waals surface area contributed by atoms with E-state index in [4.69, 9.17) is 0 Å². The molecule has 2 aliphatic heterocycles. The Morgan fingerprint density at radius 1 is 1.12 bits per heavy atom. The maximum Gasteiger partial charge on any atom is 0.227 e. The molecule has 0 N–H and O–H groups in total. The van der Waals surface area contributed by atoms with Crippen molar-refractivity contribution in [3.8, 4) is 0 Å². The lowest BCUT2D eigenvalue weighted by Crippen LogP contribution is -2.40. The number of hydrogen-bond donors (Lipinski definition) is 0. The van der Waals surface area contributed by atoms with E-state index in [1.165, 1.54) is 21.2 Å². The summed E-state index contributed by atoms with van der Waals surface area (Å²) in [5, 5.41) is 3.32. The number of amides is 1. The number of fused-ring (bicyclic) bond motifs is 2. The van der Waals surface area contributed by atoms with E-state index < -0.39 is 0 Å². The Balaban J connectivity index is 1.32. The van der Waals surface area contributed by atoms with Gasteiger partial charge >= 0.3 is 0 Å². The molecule has 1 saturated heterocycles. The number of aromatic nitrogens is 1. The number of carbonyl (C=O) groups excluding carboxylic acids is 1. The van der Waals surface area contributed by atoms with Crippen LogP contribution in [0.2, 0.25) is 0 Å². The lowest BCUT2D eigenvalue weighted by molar-refractivity contribution is -0.135. The number of pyridine rings is 1. The lowest BCUT2D eigenvalue weighted by atomic mass is 9.98. The molecule has 0 radical (unpaired) electrons. The summed E-state index contributed by atoms with van der Waals surface area (Å²) in [5.74, 6) is 1.42. The molecule has 0 aliphatic carbocycles. The smallest absolute Gasteiger partial charge is 0.227 e. The zero-order chi connectivity index (χ0) is 17.5. The minimum Gasteiger partial charge on any atom is -0.355 e. The summed E-state index contributed by atoms with van der Waals surface area (Å²) in [5.41, 5.74) is 2.68. The maximum atomic E-state index is 13.1. The van der Waals surface area contributed by atoms with Gasteiger partial charge < -0.3 is 9.80 Å². The van der Waals surface area contributed by atoms with E-state index in [9.17, 15) is 4.79 Å². The fraction of sp³-hybridized carbons (Fsp3) is 0.333. The van der Waals surface area contributed by atoms with Crippen molar-refractivity contribution in [3.05, 3.63) is 59.1 Å². The summed E-state index contributed by atoms with van der Waals surface area (Å²) in [6, 6.07) is 12.7. The van der Waals surface area contributed by atoms with E-state index >= 15 is 0 Å². The minimum atomic E-state index is 0.0796. The van der Waals surface area contributed by atoms with Gasteiger partial charge in [-0.3, -0.25) is 4.79 Å². The topological polar surface area (TPSA) is 36.4 Å². The average molecular weight is 363 g/mol. The van der Waals surface area contributed by atoms with Crippen LogP contribution in [0.15, 0.2) is 48.0 Å². The number of carbonyl (C=O) groups is 1. The van der Waals surface area contributed by atoms with Gasteiger partial charge in [-0.05, 0) is 41.5 Å². The van der Waals surface area contributed by atoms with Crippen LogP contribution >= 0.6 is 11.3 Å². The second kappa shape index (κ2) is 6.40. The van der Waals surface area contributed by atoms with Crippen molar-refractivity contribution < 1.29 is 4.79 Å². The van der Waals surface area contributed by atoms with Crippen LogP contribution in [0.3, 0.4) is 0 Å². The van der Waals surface area contributed by atoms with Crippen LogP contribution < -0.4 is 4.90 Å². The first-order chi connectivity index (χ1) is 12.8. The van der Waals surface area contributed by atoms with Gasteiger partial charge in [0.2, 0.25) is 5.91 Å². The quantitative estimate of drug-likeness (QED) is 0.696. The number of rotatable bonds is 2. The second-order valence-electron chi connectivity index (χ2n) is 7.18. The Hall–Kier alpha value is -2.40. The molecule has 2 aromatic heterocycles. The van der Waals surface area contributed by atoms with Crippen molar-refractivity contribution in [3.63, 3.8) is 0 Å². The molecule has 0 spiro atoms. The predicted molar refractivity (Wildman–Crippen MR) is 106 cm³/mol. The third kappa shape index (κ3) is 2.67. The van der Waals surface area contributed by atoms with Crippen LogP contribution in [0, 0.1) is 5.92 Å². The lowest BCUT2D eigenvalue weighted by Gasteiger charge is -2.31. The zero-order valence-corrected chi connectivity index (χ0v) is 15.4. The van der Waals surface area contributed by atoms with Crippen molar-refractivity contribution in [1.29, 1.82) is 0 Å². The predicted octanol–water partition coefficient (Wildman–Crippen LogP) is 3.71. The summed E-state index contributed by atoms with van der Waals surface area (Å²) >= 11 is 1.74. The molecule has 132 valence electrons. The fourth-order valence-corrected chi connectivity index (χ4v) is 5.00. The third-order valence-electron chi connectivity index (χ3n) is 5.64. The van der Waals surface area contributed by atoms with Gasteiger partial charge in [-0.1, -0.05) is 24.3 Å². The summed E-state index contributed by atoms with van der Waals surface area (Å²) in [6.45, 7) is 3.27. The van der Waals surface area contributed by atoms with Gasteiger partial charge in [-0.15, -0.1) is 11.3 Å². The van der Waals surface area contributed by atoms with E-state index in [1.807, 2.05) is 6.20 Å². The summed E-state index contributed by atoms with van der Waals surface area (Å²) in [6.07, 6.45) is 3.76. The molecule has 1 aromatic carbocycles. The van der Waals surface area contributed by atoms with E-state index in [2.05, 4.69) is 56.6 Å². The third-order valence-corrected chi connectivity index (χ3v) is 6.52. The monoisotopic (exact) mass is 363 g/mol. The number of anilines is 1. The maximum absolute atomic E-state index is 13.1. The first-order valence-corrected chi connectivity index (χ1v) is 10.1. The highest BCUT2D eigenvalue weighted by molar-refractivity contribution is 7.17. The van der Waals surface area contributed by atoms with Crippen LogP contribution in [-0.2, 0) is 17.8 Å². The van der Waals surface area contributed by atoms with Gasteiger partial charge in [0.25, 0.3) is 0 Å². The van der Waals surface area contributed by atoms with Gasteiger partial charge in [-0.25, -0.2) is 4.98 Å². The molecule has 1 fully saturated rings. The highest BCUT2D eigenvalue weighted by atomic mass is 32.1. The normalized spacial score (nSPS) is 19.8. The summed E-state index contributed by atoms with van der Waals surface area (Å²) in [7, 11) is 0. The molecule has 3 aromatic rings. The molecule has 4 heterocycles. The minimum absolute atomic E-state index is 0.0796. The van der Waals surface area contributed by atoms with Crippen molar-refractivity contribution in [2.45, 2.75) is 19.4 Å². The molecule has 0 saturated carbocycles. The van der Waals surface area contributed by atoms with Crippen molar-refractivity contribution >= 4 is 33.1 Å². The molecule has 5 rings (SSSR count). The number of hydrogen-bond acceptors (Lipinski definition) is 4. The van der Waals surface area contributed by atoms with Gasteiger partial charge in [-0.2, -0.15) is 0 Å². The molecule has 1 unspecified atom stereocenters. The molecule has 4 nitrogen and oxygen atoms in total. The van der Waals surface area contributed by atoms with E-state index in [0.717, 1.165) is 44.8 Å². The summed E-state index contributed by atoms with van der Waals surface area (Å²) < 4.78 is 1.26. The van der Waals surface area contributed by atoms with Crippen LogP contribution in [0.4, 0.5) is 5.82 Å². The largest absolute Gasteiger partial charge is 0.355 e. The Kier molecular flexibility index (Phi) is 3.89. The van der Waals surface area contributed by atoms with E-state index in [-0.39, 0.29) is 5.92 Å². The molecular weight excluding hydrogens is 342 g/mol. The van der Waals surface area contributed by atoms with Gasteiger partial charge in [0.1, 0.15) is 5.82 Å². The van der Waals surface area contributed by atoms with Gasteiger partial charge in [0.05, 0.1) is 5.92 Å². The average Bonchev–Trinajstić information content (AvgIpc) is 3.36. The molecule has 1 atom stereocenters. The van der Waals surface area contributed by atoms with E-state index in [1.54, 1.807) is 11.3 Å². The van der Waals surface area contributed by atoms with Crippen molar-refractivity contribution in [1.82, 2.24) is 9.88 Å². The SMILES string of the molecule is O=C(C1CCN(c2nccc3sccc23)C1)N1CCc2ccccc2C1. The van der Waals surface area contributed by atoms with Crippen molar-refractivity contribution in [2.24, 2.45) is 5.92 Å². The van der Waals surface area contributed by atoms with E-state index in [0.29, 0.717) is 5.91 Å². The Morgan fingerprint density at radius 2 is 2.00 bits per heavy atom. The summed E-state index contributed by atoms with van der Waals surface area (Å²) in [4.78, 5) is 22.0. The molecule has 2 aliphatic rings. The Morgan fingerprint density at radius 3 is 2.92 bits per heavy atom. The van der Waals surface area contributed by atoms with Crippen LogP contribution in [0.5, 0.6) is 0 Å². The van der Waals surface area contributed by atoms with Crippen molar-refractivity contribution in [2.75, 3.05) is 24.5 Å². The Bertz CT molecular complexity index is 967. The number of benzene rings is 1. The molecular formula is C21H21N3OS. The molecule has 1 amide bonds. The highest BCUT2D eigenvalue weighted by Crippen LogP contribution is 2.32. The highest BCUT2D eigenvalue weighted by Gasteiger charge is 2.33. The van der Waals surface area contributed by atoms with Crippen LogP contribution in [-0.4, -0.2) is 35.4 Å². The van der Waals surface area contributed by atoms with Gasteiger partial charge in [0.15, 0.2) is 0 Å². The van der Waals surface area contributed by atoms with Crippen LogP contribution in [0.25, 0.3) is 10.1 Å². The molecule has 5 heteroatoms. The first-order valence-electron chi connectivity index (χ1n) is 9.22. The van der Waals surface area contributed by atoms with Crippen LogP contribution in [0.1, 0.15) is 17.5 Å². The molecule has 26 heavy (non-hydrogen) atoms. The second-order valence-corrected chi connectivity index (χ2v) is 8.12. The zero-order valence-electron chi connectivity index (χ0n) is 14.6. The number of thiophene rings is 1. The number of nitrogens with zero attached hydrogens (tertiary/aromatic N) is 3. The van der Waals surface area contributed by atoms with Gasteiger partial charge in [0, 0.05) is 42.5 Å². The Labute approximate surface area is 157 Å². The first kappa shape index (κ1) is 15.8. The molecule has 0 bridgehead atoms.